The summed E-state index contributed by atoms with van der Waals surface area (Å²) in [5.74, 6) is 1.06. The van der Waals surface area contributed by atoms with E-state index in [0.717, 1.165) is 39.4 Å². The Morgan fingerprint density at radius 1 is 0.579 bits per heavy atom. The number of hydrogen-bond acceptors (Lipinski definition) is 2. The highest BCUT2D eigenvalue weighted by molar-refractivity contribution is 5.75. The molecular formula is C33H24F3NO. The quantitative estimate of drug-likeness (QED) is 0.184. The molecule has 0 aromatic heterocycles. The molecule has 0 unspecified atom stereocenters. The number of benzene rings is 5. The van der Waals surface area contributed by atoms with Crippen LogP contribution in [0.25, 0.3) is 39.1 Å². The molecule has 0 aliphatic rings. The second-order valence-electron chi connectivity index (χ2n) is 8.88. The van der Waals surface area contributed by atoms with Gasteiger partial charge in [0.05, 0.1) is 11.3 Å². The fourth-order valence-electron chi connectivity index (χ4n) is 4.22. The lowest BCUT2D eigenvalue weighted by atomic mass is 9.97. The summed E-state index contributed by atoms with van der Waals surface area (Å²) < 4.78 is 45.1. The maximum absolute atomic E-state index is 13.1. The molecule has 0 bridgehead atoms. The normalized spacial score (nSPS) is 11.2. The number of para-hydroxylation sites is 2. The van der Waals surface area contributed by atoms with Crippen molar-refractivity contribution >= 4 is 11.4 Å². The van der Waals surface area contributed by atoms with Gasteiger partial charge in [0.15, 0.2) is 0 Å². The highest BCUT2D eigenvalue weighted by Crippen LogP contribution is 2.33. The number of ether oxygens (including phenoxy) is 1. The van der Waals surface area contributed by atoms with Crippen molar-refractivity contribution in [2.45, 2.75) is 6.18 Å². The average Bonchev–Trinajstić information content (AvgIpc) is 2.94. The van der Waals surface area contributed by atoms with Crippen LogP contribution < -0.4 is 10.5 Å². The van der Waals surface area contributed by atoms with E-state index >= 15 is 0 Å². The Kier molecular flexibility index (Phi) is 6.75. The van der Waals surface area contributed by atoms with Gasteiger partial charge in [-0.25, -0.2) is 0 Å². The minimum atomic E-state index is -4.37. The number of rotatable bonds is 6. The van der Waals surface area contributed by atoms with Gasteiger partial charge in [-0.15, -0.1) is 0 Å². The molecule has 0 heterocycles. The van der Waals surface area contributed by atoms with Crippen LogP contribution in [0.15, 0.2) is 128 Å². The lowest BCUT2D eigenvalue weighted by Crippen LogP contribution is -2.04. The fourth-order valence-corrected chi connectivity index (χ4v) is 4.22. The van der Waals surface area contributed by atoms with Crippen molar-refractivity contribution in [3.05, 3.63) is 139 Å². The Hall–Kier alpha value is -4.77. The summed E-state index contributed by atoms with van der Waals surface area (Å²) in [6, 6.07) is 36.2. The van der Waals surface area contributed by atoms with E-state index in [1.807, 2.05) is 84.9 Å². The lowest BCUT2D eigenvalue weighted by Gasteiger charge is -2.12. The molecule has 0 saturated heterocycles. The van der Waals surface area contributed by atoms with E-state index in [9.17, 15) is 13.2 Å². The van der Waals surface area contributed by atoms with E-state index in [1.54, 1.807) is 18.2 Å². The standard InChI is InChI=1S/C33H24F3NO/c1-22(38-32-11-3-2-10-31(32)37)27-6-4-7-28(20-27)25-16-12-23(13-17-25)24-14-18-26(19-15-24)29-8-5-9-30(21-29)33(34,35)36/h2-21H,1,37H2. The maximum Gasteiger partial charge on any atom is 0.416 e. The van der Waals surface area contributed by atoms with Gasteiger partial charge in [-0.2, -0.15) is 13.2 Å². The summed E-state index contributed by atoms with van der Waals surface area (Å²) in [5.41, 5.74) is 12.0. The molecule has 0 amide bonds. The molecule has 188 valence electrons. The average molecular weight is 508 g/mol. The van der Waals surface area contributed by atoms with E-state index in [4.69, 9.17) is 10.5 Å². The Morgan fingerprint density at radius 3 is 1.63 bits per heavy atom. The lowest BCUT2D eigenvalue weighted by molar-refractivity contribution is -0.137. The second-order valence-corrected chi connectivity index (χ2v) is 8.88. The topological polar surface area (TPSA) is 35.2 Å². The van der Waals surface area contributed by atoms with Crippen LogP contribution in [0.3, 0.4) is 0 Å². The SMILES string of the molecule is C=C(Oc1ccccc1N)c1cccc(-c2ccc(-c3ccc(-c4cccc(C(F)(F)F)c4)cc3)cc2)c1. The first-order valence-electron chi connectivity index (χ1n) is 12.0. The van der Waals surface area contributed by atoms with Gasteiger partial charge in [0.2, 0.25) is 0 Å². The van der Waals surface area contributed by atoms with Crippen molar-refractivity contribution in [1.29, 1.82) is 0 Å². The number of alkyl halides is 3. The van der Waals surface area contributed by atoms with Gasteiger partial charge in [-0.1, -0.05) is 97.6 Å². The zero-order valence-electron chi connectivity index (χ0n) is 20.4. The molecule has 0 aliphatic carbocycles. The minimum absolute atomic E-state index is 0.502. The Morgan fingerprint density at radius 2 is 1.08 bits per heavy atom. The fraction of sp³-hybridized carbons (Fsp3) is 0.0303. The summed E-state index contributed by atoms with van der Waals surface area (Å²) in [6.07, 6.45) is -4.37. The number of hydrogen-bond donors (Lipinski definition) is 1. The van der Waals surface area contributed by atoms with Gasteiger partial charge in [-0.05, 0) is 63.7 Å². The minimum Gasteiger partial charge on any atom is -0.455 e. The molecule has 5 rings (SSSR count). The molecular weight excluding hydrogens is 483 g/mol. The molecule has 0 fully saturated rings. The van der Waals surface area contributed by atoms with Gasteiger partial charge in [0.1, 0.15) is 11.5 Å². The molecule has 5 heteroatoms. The van der Waals surface area contributed by atoms with Crippen molar-refractivity contribution in [1.82, 2.24) is 0 Å². The molecule has 0 saturated carbocycles. The Bertz CT molecular complexity index is 1590. The summed E-state index contributed by atoms with van der Waals surface area (Å²) in [7, 11) is 0. The third-order valence-electron chi connectivity index (χ3n) is 6.30. The third-order valence-corrected chi connectivity index (χ3v) is 6.30. The number of nitrogens with two attached hydrogens (primary N) is 1. The molecule has 2 nitrogen and oxygen atoms in total. The number of nitrogen functional groups attached to an aromatic ring is 1. The Balaban J connectivity index is 1.33. The van der Waals surface area contributed by atoms with Crippen LogP contribution in [0, 0.1) is 0 Å². The van der Waals surface area contributed by atoms with Crippen LogP contribution in [0.2, 0.25) is 0 Å². The summed E-state index contributed by atoms with van der Waals surface area (Å²) in [5, 5.41) is 0. The molecule has 2 N–H and O–H groups in total. The van der Waals surface area contributed by atoms with Crippen molar-refractivity contribution in [3.63, 3.8) is 0 Å². The molecule has 0 spiro atoms. The summed E-state index contributed by atoms with van der Waals surface area (Å²) >= 11 is 0. The van der Waals surface area contributed by atoms with Crippen LogP contribution in [0.1, 0.15) is 11.1 Å². The van der Waals surface area contributed by atoms with Crippen LogP contribution in [-0.4, -0.2) is 0 Å². The monoisotopic (exact) mass is 507 g/mol. The van der Waals surface area contributed by atoms with Crippen molar-refractivity contribution in [3.8, 4) is 39.1 Å². The van der Waals surface area contributed by atoms with E-state index < -0.39 is 11.7 Å². The highest BCUT2D eigenvalue weighted by atomic mass is 19.4. The van der Waals surface area contributed by atoms with E-state index in [0.29, 0.717) is 22.8 Å². The predicted octanol–water partition coefficient (Wildman–Crippen LogP) is 9.34. The molecule has 0 radical (unpaired) electrons. The first kappa shape index (κ1) is 24.9. The van der Waals surface area contributed by atoms with Gasteiger partial charge < -0.3 is 10.5 Å². The van der Waals surface area contributed by atoms with Gasteiger partial charge in [-0.3, -0.25) is 0 Å². The largest absolute Gasteiger partial charge is 0.455 e. The molecule has 0 atom stereocenters. The van der Waals surface area contributed by atoms with Crippen LogP contribution in [0.4, 0.5) is 18.9 Å². The van der Waals surface area contributed by atoms with E-state index in [-0.39, 0.29) is 0 Å². The highest BCUT2D eigenvalue weighted by Gasteiger charge is 2.30. The summed E-state index contributed by atoms with van der Waals surface area (Å²) in [4.78, 5) is 0. The number of anilines is 1. The van der Waals surface area contributed by atoms with Crippen molar-refractivity contribution in [2.75, 3.05) is 5.73 Å². The molecule has 38 heavy (non-hydrogen) atoms. The van der Waals surface area contributed by atoms with Crippen molar-refractivity contribution in [2.24, 2.45) is 0 Å². The van der Waals surface area contributed by atoms with E-state index in [2.05, 4.69) is 6.58 Å². The van der Waals surface area contributed by atoms with Gasteiger partial charge in [0, 0.05) is 5.56 Å². The van der Waals surface area contributed by atoms with Crippen LogP contribution >= 0.6 is 0 Å². The zero-order valence-corrected chi connectivity index (χ0v) is 20.4. The summed E-state index contributed by atoms with van der Waals surface area (Å²) in [6.45, 7) is 4.06. The molecule has 5 aromatic carbocycles. The first-order valence-corrected chi connectivity index (χ1v) is 12.0. The molecule has 0 aliphatic heterocycles. The predicted molar refractivity (Wildman–Crippen MR) is 148 cm³/mol. The van der Waals surface area contributed by atoms with Crippen LogP contribution in [-0.2, 0) is 6.18 Å². The van der Waals surface area contributed by atoms with E-state index in [1.165, 1.54) is 12.1 Å². The first-order chi connectivity index (χ1) is 18.3. The third kappa shape index (κ3) is 5.47. The van der Waals surface area contributed by atoms with Gasteiger partial charge in [0.25, 0.3) is 0 Å². The second kappa shape index (κ2) is 10.3. The Labute approximate surface area is 219 Å². The smallest absolute Gasteiger partial charge is 0.416 e. The molecule has 5 aromatic rings. The maximum atomic E-state index is 13.1. The zero-order chi connectivity index (χ0) is 26.7. The van der Waals surface area contributed by atoms with Crippen LogP contribution in [0.5, 0.6) is 5.75 Å². The van der Waals surface area contributed by atoms with Crippen molar-refractivity contribution < 1.29 is 17.9 Å². The number of halogens is 3. The van der Waals surface area contributed by atoms with Gasteiger partial charge >= 0.3 is 6.18 Å².